The van der Waals surface area contributed by atoms with Crippen LogP contribution in [0.1, 0.15) is 50.2 Å². The van der Waals surface area contributed by atoms with Crippen molar-refractivity contribution < 1.29 is 13.2 Å². The lowest BCUT2D eigenvalue weighted by Gasteiger charge is -2.32. The van der Waals surface area contributed by atoms with Crippen LogP contribution in [0.3, 0.4) is 0 Å². The number of rotatable bonds is 3. The second-order valence-corrected chi connectivity index (χ2v) is 5.57. The van der Waals surface area contributed by atoms with Gasteiger partial charge in [0, 0.05) is 11.7 Å². The molecule has 0 amide bonds. The largest absolute Gasteiger partial charge is 0.417 e. The van der Waals surface area contributed by atoms with Crippen molar-refractivity contribution in [1.82, 2.24) is 0 Å². The summed E-state index contributed by atoms with van der Waals surface area (Å²) in [5.41, 5.74) is -0.590. The minimum atomic E-state index is -4.49. The summed E-state index contributed by atoms with van der Waals surface area (Å²) < 4.78 is 38.3. The Kier molecular flexibility index (Phi) is 4.76. The molecule has 0 heterocycles. The zero-order valence-corrected chi connectivity index (χ0v) is 12.0. The Bertz CT molecular complexity index is 531. The van der Waals surface area contributed by atoms with Crippen LogP contribution in [0.2, 0.25) is 0 Å². The minimum absolute atomic E-state index is 0.284. The van der Waals surface area contributed by atoms with E-state index in [0.717, 1.165) is 31.7 Å². The molecule has 2 nitrogen and oxygen atoms in total. The molecule has 1 saturated carbocycles. The van der Waals surface area contributed by atoms with E-state index in [1.807, 2.05) is 0 Å². The molecule has 0 bridgehead atoms. The van der Waals surface area contributed by atoms with E-state index in [-0.39, 0.29) is 11.6 Å². The molecule has 5 heteroatoms. The van der Waals surface area contributed by atoms with Crippen molar-refractivity contribution >= 4 is 5.69 Å². The van der Waals surface area contributed by atoms with Gasteiger partial charge in [-0.05, 0) is 37.0 Å². The van der Waals surface area contributed by atoms with Crippen LogP contribution in [0, 0.1) is 17.2 Å². The molecule has 1 N–H and O–H groups in total. The Morgan fingerprint density at radius 3 is 2.62 bits per heavy atom. The molecule has 2 rings (SSSR count). The van der Waals surface area contributed by atoms with E-state index < -0.39 is 11.7 Å². The lowest BCUT2D eigenvalue weighted by atomic mass is 9.83. The van der Waals surface area contributed by atoms with Gasteiger partial charge in [-0.3, -0.25) is 0 Å². The Labute approximate surface area is 123 Å². The van der Waals surface area contributed by atoms with Crippen LogP contribution < -0.4 is 5.32 Å². The number of nitrogens with one attached hydrogen (secondary N) is 1. The van der Waals surface area contributed by atoms with Crippen molar-refractivity contribution in [3.8, 4) is 6.07 Å². The highest BCUT2D eigenvalue weighted by Gasteiger charge is 2.33. The summed E-state index contributed by atoms with van der Waals surface area (Å²) in [6.45, 7) is 2.14. The molecule has 2 atom stereocenters. The molecule has 1 aliphatic carbocycles. The highest BCUT2D eigenvalue weighted by molar-refractivity contribution is 5.54. The highest BCUT2D eigenvalue weighted by atomic mass is 19.4. The predicted octanol–water partition coefficient (Wildman–Crippen LogP) is 4.96. The summed E-state index contributed by atoms with van der Waals surface area (Å²) in [6, 6.07) is 5.65. The van der Waals surface area contributed by atoms with Gasteiger partial charge in [-0.25, -0.2) is 0 Å². The third-order valence-corrected chi connectivity index (χ3v) is 4.23. The number of nitriles is 1. The van der Waals surface area contributed by atoms with Gasteiger partial charge in [0.25, 0.3) is 0 Å². The number of halogens is 3. The van der Waals surface area contributed by atoms with Gasteiger partial charge in [-0.2, -0.15) is 18.4 Å². The normalized spacial score (nSPS) is 22.6. The molecule has 21 heavy (non-hydrogen) atoms. The number of anilines is 1. The van der Waals surface area contributed by atoms with Crippen molar-refractivity contribution in [2.75, 3.05) is 5.32 Å². The van der Waals surface area contributed by atoms with Crippen molar-refractivity contribution in [2.24, 2.45) is 5.92 Å². The first-order chi connectivity index (χ1) is 9.95. The Balaban J connectivity index is 2.20. The fourth-order valence-corrected chi connectivity index (χ4v) is 3.07. The van der Waals surface area contributed by atoms with E-state index in [1.165, 1.54) is 18.6 Å². The molecule has 1 aromatic rings. The summed E-state index contributed by atoms with van der Waals surface area (Å²) in [6.07, 6.45) is 1.11. The van der Waals surface area contributed by atoms with Crippen molar-refractivity contribution in [3.05, 3.63) is 29.3 Å². The van der Waals surface area contributed by atoms with Crippen LogP contribution in [0.25, 0.3) is 0 Å². The molecule has 1 aliphatic rings. The van der Waals surface area contributed by atoms with Crippen molar-refractivity contribution in [1.29, 1.82) is 5.26 Å². The number of nitrogens with zero attached hydrogens (tertiary/aromatic N) is 1. The first kappa shape index (κ1) is 15.7. The average molecular weight is 296 g/mol. The van der Waals surface area contributed by atoms with Gasteiger partial charge < -0.3 is 5.32 Å². The van der Waals surface area contributed by atoms with E-state index in [2.05, 4.69) is 12.2 Å². The minimum Gasteiger partial charge on any atom is -0.382 e. The van der Waals surface area contributed by atoms with E-state index in [9.17, 15) is 13.2 Å². The molecular weight excluding hydrogens is 277 g/mol. The Morgan fingerprint density at radius 2 is 2.00 bits per heavy atom. The third-order valence-electron chi connectivity index (χ3n) is 4.23. The molecule has 114 valence electrons. The maximum atomic E-state index is 12.8. The predicted molar refractivity (Wildman–Crippen MR) is 75.8 cm³/mol. The van der Waals surface area contributed by atoms with Crippen molar-refractivity contribution in [2.45, 2.75) is 51.2 Å². The van der Waals surface area contributed by atoms with Gasteiger partial charge in [-0.15, -0.1) is 0 Å². The summed E-state index contributed by atoms with van der Waals surface area (Å²) in [4.78, 5) is 0. The van der Waals surface area contributed by atoms with Gasteiger partial charge in [0.1, 0.15) is 0 Å². The summed E-state index contributed by atoms with van der Waals surface area (Å²) in [5.74, 6) is 0.548. The van der Waals surface area contributed by atoms with Gasteiger partial charge in [0.2, 0.25) is 0 Å². The summed E-state index contributed by atoms with van der Waals surface area (Å²) in [5, 5.41) is 12.2. The first-order valence-corrected chi connectivity index (χ1v) is 7.33. The quantitative estimate of drug-likeness (QED) is 0.856. The molecule has 0 spiro atoms. The molecule has 0 radical (unpaired) electrons. The van der Waals surface area contributed by atoms with E-state index >= 15 is 0 Å². The van der Waals surface area contributed by atoms with Crippen LogP contribution >= 0.6 is 0 Å². The van der Waals surface area contributed by atoms with Gasteiger partial charge in [0.05, 0.1) is 17.2 Å². The standard InChI is InChI=1S/C16H19F3N2/c1-2-11-5-3-4-6-15(11)21-13-7-8-14(16(17,18)19)12(9-13)10-20/h7-9,11,15,21H,2-6H2,1H3. The molecule has 0 saturated heterocycles. The van der Waals surface area contributed by atoms with Crippen LogP contribution in [-0.2, 0) is 6.18 Å². The highest BCUT2D eigenvalue weighted by Crippen LogP contribution is 2.34. The zero-order valence-electron chi connectivity index (χ0n) is 12.0. The third kappa shape index (κ3) is 3.69. The van der Waals surface area contributed by atoms with Crippen molar-refractivity contribution in [3.63, 3.8) is 0 Å². The molecular formula is C16H19F3N2. The number of alkyl halides is 3. The van der Waals surface area contributed by atoms with Crippen LogP contribution in [0.5, 0.6) is 0 Å². The Hall–Kier alpha value is -1.70. The van der Waals surface area contributed by atoms with E-state index in [4.69, 9.17) is 5.26 Å². The molecule has 0 aromatic heterocycles. The average Bonchev–Trinajstić information content (AvgIpc) is 2.46. The number of benzene rings is 1. The summed E-state index contributed by atoms with van der Waals surface area (Å²) >= 11 is 0. The maximum Gasteiger partial charge on any atom is 0.417 e. The number of hydrogen-bond acceptors (Lipinski definition) is 2. The first-order valence-electron chi connectivity index (χ1n) is 7.33. The zero-order chi connectivity index (χ0) is 15.5. The van der Waals surface area contributed by atoms with Gasteiger partial charge in [0.15, 0.2) is 0 Å². The molecule has 2 unspecified atom stereocenters. The molecule has 1 aromatic carbocycles. The Morgan fingerprint density at radius 1 is 1.29 bits per heavy atom. The fourth-order valence-electron chi connectivity index (χ4n) is 3.07. The lowest BCUT2D eigenvalue weighted by molar-refractivity contribution is -0.137. The van der Waals surface area contributed by atoms with Crippen LogP contribution in [0.15, 0.2) is 18.2 Å². The van der Waals surface area contributed by atoms with Crippen LogP contribution in [-0.4, -0.2) is 6.04 Å². The van der Waals surface area contributed by atoms with Crippen LogP contribution in [0.4, 0.5) is 18.9 Å². The lowest BCUT2D eigenvalue weighted by Crippen LogP contribution is -2.31. The summed E-state index contributed by atoms with van der Waals surface area (Å²) in [7, 11) is 0. The maximum absolute atomic E-state index is 12.8. The van der Waals surface area contributed by atoms with Gasteiger partial charge >= 0.3 is 6.18 Å². The van der Waals surface area contributed by atoms with E-state index in [1.54, 1.807) is 6.07 Å². The molecule has 1 fully saturated rings. The van der Waals surface area contributed by atoms with Gasteiger partial charge in [-0.1, -0.05) is 26.2 Å². The monoisotopic (exact) mass is 296 g/mol. The second-order valence-electron chi connectivity index (χ2n) is 5.57. The fraction of sp³-hybridized carbons (Fsp3) is 0.562. The second kappa shape index (κ2) is 6.38. The SMILES string of the molecule is CCC1CCCCC1Nc1ccc(C(F)(F)F)c(C#N)c1. The number of hydrogen-bond donors (Lipinski definition) is 1. The smallest absolute Gasteiger partial charge is 0.382 e. The van der Waals surface area contributed by atoms with E-state index in [0.29, 0.717) is 11.6 Å². The topological polar surface area (TPSA) is 35.8 Å². The molecule has 0 aliphatic heterocycles.